The third-order valence-corrected chi connectivity index (χ3v) is 6.57. The van der Waals surface area contributed by atoms with Gasteiger partial charge in [-0.25, -0.2) is 0 Å². The van der Waals surface area contributed by atoms with Crippen LogP contribution >= 0.6 is 0 Å². The fraction of sp³-hybridized carbons (Fsp3) is 0.194. The molecule has 35 heavy (non-hydrogen) atoms. The number of hydrogen-bond donors (Lipinski definition) is 0. The topological polar surface area (TPSA) is 20.0 Å². The minimum Gasteiger partial charge on any atom is -0.657 e. The molecule has 3 aromatic carbocycles. The standard InChI is InChI=1S/C19H22BN.C12H8N.Au/c1-14(2)17-9-7-10-18(15(3)4)19(17)20-12-16-8-5-6-11-21(16)13-20;1-3-7-11-9(5-1)10-6-2-4-8-12(10)13-11;/h5-12,14-15H,1-4H3;1-8H;/q;-1;. The van der Waals surface area contributed by atoms with E-state index in [2.05, 4.69) is 128 Å². The molecule has 0 spiro atoms. The molecule has 0 unspecified atom stereocenters. The monoisotopic (exact) mass is 638 g/mol. The van der Waals surface area contributed by atoms with E-state index in [1.807, 2.05) is 12.1 Å². The zero-order chi connectivity index (χ0) is 23.7. The number of benzene rings is 3. The number of pyridine rings is 1. The van der Waals surface area contributed by atoms with Gasteiger partial charge >= 0.3 is 0 Å². The summed E-state index contributed by atoms with van der Waals surface area (Å²) >= 11 is 0. The van der Waals surface area contributed by atoms with Crippen LogP contribution in [-0.2, 0) is 22.4 Å². The van der Waals surface area contributed by atoms with Crippen molar-refractivity contribution in [3.05, 3.63) is 114 Å². The molecule has 0 bridgehead atoms. The predicted octanol–water partition coefficient (Wildman–Crippen LogP) is 5.33. The molecule has 4 heteroatoms. The Bertz CT molecular complexity index is 1470. The Morgan fingerprint density at radius 1 is 0.686 bits per heavy atom. The van der Waals surface area contributed by atoms with Crippen LogP contribution in [0.25, 0.3) is 27.8 Å². The van der Waals surface area contributed by atoms with Crippen molar-refractivity contribution in [1.82, 2.24) is 4.98 Å². The van der Waals surface area contributed by atoms with Gasteiger partial charge in [0.15, 0.2) is 0 Å². The van der Waals surface area contributed by atoms with Crippen molar-refractivity contribution >= 4 is 40.0 Å². The zero-order valence-electron chi connectivity index (χ0n) is 20.7. The first-order valence-corrected chi connectivity index (χ1v) is 12.2. The van der Waals surface area contributed by atoms with Gasteiger partial charge in [-0.1, -0.05) is 129 Å². The first-order chi connectivity index (χ1) is 16.5. The van der Waals surface area contributed by atoms with Crippen LogP contribution in [0.2, 0.25) is 0 Å². The average Bonchev–Trinajstić information content (AvgIpc) is 3.45. The maximum absolute atomic E-state index is 4.52. The second kappa shape index (κ2) is 10.8. The van der Waals surface area contributed by atoms with Crippen LogP contribution in [0.4, 0.5) is 0 Å². The summed E-state index contributed by atoms with van der Waals surface area (Å²) in [5, 5.41) is 3.73. The summed E-state index contributed by atoms with van der Waals surface area (Å²) in [5.41, 5.74) is 6.52. The molecule has 1 aliphatic heterocycles. The molecule has 0 atom stereocenters. The Labute approximate surface area is 224 Å². The van der Waals surface area contributed by atoms with Gasteiger partial charge in [0.25, 0.3) is 0 Å². The Hall–Kier alpha value is -2.84. The van der Waals surface area contributed by atoms with E-state index < -0.39 is 0 Å². The maximum Gasteiger partial charge on any atom is 0.231 e. The number of nitrogens with zero attached hydrogens (tertiary/aromatic N) is 2. The Kier molecular flexibility index (Phi) is 7.81. The fourth-order valence-corrected chi connectivity index (χ4v) is 4.91. The van der Waals surface area contributed by atoms with E-state index in [-0.39, 0.29) is 29.1 Å². The average molecular weight is 638 g/mol. The second-order valence-corrected chi connectivity index (χ2v) is 9.57. The largest absolute Gasteiger partial charge is 0.657 e. The molecule has 6 rings (SSSR count). The minimum atomic E-state index is 0. The van der Waals surface area contributed by atoms with Crippen molar-refractivity contribution in [2.75, 3.05) is 0 Å². The summed E-state index contributed by atoms with van der Waals surface area (Å²) in [6, 6.07) is 29.5. The first kappa shape index (κ1) is 25.3. The SMILES string of the molecule is CC(C)c1cccc(C(C)C)c1B1[C-]=[n+]2ccccc2=C1.[Au].c1ccc2c(c1)[n-]c1ccccc12. The third kappa shape index (κ3) is 5.09. The summed E-state index contributed by atoms with van der Waals surface area (Å²) in [4.78, 5) is 4.52. The molecule has 1 radical (unpaired) electrons. The molecular formula is C31H30AuBN2-. The van der Waals surface area contributed by atoms with E-state index >= 15 is 0 Å². The Morgan fingerprint density at radius 3 is 1.77 bits per heavy atom. The van der Waals surface area contributed by atoms with Crippen molar-refractivity contribution in [3.8, 4) is 0 Å². The first-order valence-electron chi connectivity index (χ1n) is 12.2. The van der Waals surface area contributed by atoms with Crippen LogP contribution in [0.1, 0.15) is 50.7 Å². The molecular weight excluding hydrogens is 608 g/mol. The molecule has 0 fully saturated rings. The van der Waals surface area contributed by atoms with E-state index in [0.717, 1.165) is 11.0 Å². The van der Waals surface area contributed by atoms with Crippen molar-refractivity contribution in [1.29, 1.82) is 0 Å². The summed E-state index contributed by atoms with van der Waals surface area (Å²) in [7, 11) is 0. The van der Waals surface area contributed by atoms with Gasteiger partial charge in [-0.3, -0.25) is 0 Å². The molecule has 0 N–H and O–H groups in total. The van der Waals surface area contributed by atoms with Crippen molar-refractivity contribution in [2.45, 2.75) is 39.5 Å². The van der Waals surface area contributed by atoms with Crippen LogP contribution < -0.4 is 20.0 Å². The van der Waals surface area contributed by atoms with E-state index in [1.54, 1.807) is 0 Å². The second-order valence-electron chi connectivity index (χ2n) is 9.57. The summed E-state index contributed by atoms with van der Waals surface area (Å²) in [5.74, 6) is 3.39. The number of hydrogen-bond acceptors (Lipinski definition) is 0. The molecule has 2 nitrogen and oxygen atoms in total. The van der Waals surface area contributed by atoms with E-state index in [9.17, 15) is 0 Å². The van der Waals surface area contributed by atoms with Crippen LogP contribution in [0.15, 0.2) is 91.1 Å². The van der Waals surface area contributed by atoms with Gasteiger partial charge in [0, 0.05) is 22.4 Å². The summed E-state index contributed by atoms with van der Waals surface area (Å²) < 4.78 is 2.12. The molecule has 0 saturated carbocycles. The maximum atomic E-state index is 4.52. The normalized spacial score (nSPS) is 12.1. The summed E-state index contributed by atoms with van der Waals surface area (Å²) in [6.07, 6.45) is 5.68. The van der Waals surface area contributed by atoms with Crippen molar-refractivity contribution in [2.24, 2.45) is 0 Å². The van der Waals surface area contributed by atoms with E-state index in [0.29, 0.717) is 11.8 Å². The molecule has 179 valence electrons. The zero-order valence-corrected chi connectivity index (χ0v) is 22.8. The predicted molar refractivity (Wildman–Crippen MR) is 144 cm³/mol. The molecule has 1 aliphatic rings. The van der Waals surface area contributed by atoms with Crippen molar-refractivity contribution in [3.63, 3.8) is 0 Å². The fourth-order valence-electron chi connectivity index (χ4n) is 4.91. The van der Waals surface area contributed by atoms with E-state index in [1.165, 1.54) is 32.7 Å². The van der Waals surface area contributed by atoms with Gasteiger partial charge in [0.1, 0.15) is 0 Å². The van der Waals surface area contributed by atoms with Crippen LogP contribution in [-0.4, -0.2) is 6.71 Å². The minimum absolute atomic E-state index is 0. The van der Waals surface area contributed by atoms with Gasteiger partial charge < -0.3 is 9.23 Å². The molecule has 0 saturated heterocycles. The number of aromatic nitrogens is 2. The van der Waals surface area contributed by atoms with Crippen LogP contribution in [0.3, 0.4) is 0 Å². The molecule has 0 aliphatic carbocycles. The molecule has 2 aromatic heterocycles. The van der Waals surface area contributed by atoms with Gasteiger partial charge in [-0.2, -0.15) is 0 Å². The Morgan fingerprint density at radius 2 is 1.23 bits per heavy atom. The number of fused-ring (bicyclic) bond motifs is 4. The quantitative estimate of drug-likeness (QED) is 0.149. The van der Waals surface area contributed by atoms with Crippen LogP contribution in [0, 0.1) is 6.11 Å². The number of para-hydroxylation sites is 2. The van der Waals surface area contributed by atoms with Crippen LogP contribution in [0.5, 0.6) is 0 Å². The van der Waals surface area contributed by atoms with E-state index in [4.69, 9.17) is 0 Å². The molecule has 5 aromatic rings. The Balaban J connectivity index is 0.000000177. The van der Waals surface area contributed by atoms with Gasteiger partial charge in [0.2, 0.25) is 6.71 Å². The third-order valence-electron chi connectivity index (χ3n) is 6.57. The van der Waals surface area contributed by atoms with Crippen molar-refractivity contribution < 1.29 is 26.6 Å². The molecule has 0 amide bonds. The summed E-state index contributed by atoms with van der Waals surface area (Å²) in [6.45, 7) is 9.36. The number of rotatable bonds is 3. The molecule has 3 heterocycles. The van der Waals surface area contributed by atoms with Gasteiger partial charge in [-0.15, -0.1) is 11.0 Å². The van der Waals surface area contributed by atoms with Gasteiger partial charge in [0.05, 0.1) is 17.7 Å². The smallest absolute Gasteiger partial charge is 0.231 e. The van der Waals surface area contributed by atoms with Gasteiger partial charge in [-0.05, 0) is 28.7 Å².